The number of hydrogen-bond donors (Lipinski definition) is 3. The van der Waals surface area contributed by atoms with E-state index in [1.54, 1.807) is 0 Å². The Morgan fingerprint density at radius 2 is 1.45 bits per heavy atom. The van der Waals surface area contributed by atoms with Gasteiger partial charge in [0, 0.05) is 5.92 Å². The Morgan fingerprint density at radius 1 is 0.909 bits per heavy atom. The van der Waals surface area contributed by atoms with Gasteiger partial charge >= 0.3 is 0 Å². The Bertz CT molecular complexity index is 676. The van der Waals surface area contributed by atoms with Crippen molar-refractivity contribution >= 4 is 8.32 Å². The van der Waals surface area contributed by atoms with E-state index in [0.29, 0.717) is 16.6 Å². The van der Waals surface area contributed by atoms with Gasteiger partial charge in [-0.05, 0) is 29.1 Å². The van der Waals surface area contributed by atoms with E-state index in [4.69, 9.17) is 13.9 Å². The van der Waals surface area contributed by atoms with E-state index in [-0.39, 0.29) is 19.3 Å². The van der Waals surface area contributed by atoms with Gasteiger partial charge in [-0.3, -0.25) is 0 Å². The Labute approximate surface area is 201 Å². The molecule has 2 rings (SSSR count). The minimum atomic E-state index is -2.16. The molecule has 1 heterocycles. The van der Waals surface area contributed by atoms with Crippen LogP contribution in [0.1, 0.15) is 67.1 Å². The predicted molar refractivity (Wildman–Crippen MR) is 134 cm³/mol. The summed E-state index contributed by atoms with van der Waals surface area (Å²) < 4.78 is 19.2. The van der Waals surface area contributed by atoms with Crippen LogP contribution in [0.5, 0.6) is 0 Å². The fourth-order valence-electron chi connectivity index (χ4n) is 5.71. The summed E-state index contributed by atoms with van der Waals surface area (Å²) in [4.78, 5) is 0. The minimum Gasteiger partial charge on any atom is -0.413 e. The summed E-state index contributed by atoms with van der Waals surface area (Å²) in [6.45, 7) is 17.0. The summed E-state index contributed by atoms with van der Waals surface area (Å²) in [5.41, 5.74) is 2.20. The second kappa shape index (κ2) is 12.2. The maximum Gasteiger partial charge on any atom is 0.200 e. The van der Waals surface area contributed by atoms with Crippen molar-refractivity contribution in [3.63, 3.8) is 0 Å². The summed E-state index contributed by atoms with van der Waals surface area (Å²) in [7, 11) is -2.16. The molecule has 0 aromatic heterocycles. The topological polar surface area (TPSA) is 88.4 Å². The molecule has 0 saturated carbocycles. The third-order valence-corrected chi connectivity index (χ3v) is 13.6. The highest BCUT2D eigenvalue weighted by molar-refractivity contribution is 6.77. The maximum atomic E-state index is 10.8. The molecule has 1 aromatic carbocycles. The van der Waals surface area contributed by atoms with Crippen LogP contribution in [-0.2, 0) is 13.9 Å². The summed E-state index contributed by atoms with van der Waals surface area (Å²) in [6.07, 6.45) is -4.19. The predicted octanol–water partition coefficient (Wildman–Crippen LogP) is 4.44. The van der Waals surface area contributed by atoms with Crippen molar-refractivity contribution in [1.82, 2.24) is 0 Å². The van der Waals surface area contributed by atoms with Gasteiger partial charge in [-0.25, -0.2) is 0 Å². The highest BCUT2D eigenvalue weighted by Gasteiger charge is 2.49. The standard InChI is InChI=1S/C26H46O6Si/c1-16(2)33(17(3)4,18(5)6)30-15-23-25(29)24(28)19(7)26(32-23)22(14-27)31-20(8)21-12-10-9-11-13-21/h9-13,16-20,22-29H,14-15H2,1-8H3/t19?,20-,22+,23+,24+,25+,26+/m0/s1. The number of hydrogen-bond acceptors (Lipinski definition) is 6. The summed E-state index contributed by atoms with van der Waals surface area (Å²) >= 11 is 0. The molecule has 0 bridgehead atoms. The first-order chi connectivity index (χ1) is 15.5. The van der Waals surface area contributed by atoms with Crippen LogP contribution in [0.4, 0.5) is 0 Å². The van der Waals surface area contributed by atoms with Crippen LogP contribution in [0.2, 0.25) is 16.6 Å². The first kappa shape index (κ1) is 28.4. The highest BCUT2D eigenvalue weighted by Crippen LogP contribution is 2.43. The fraction of sp³-hybridized carbons (Fsp3) is 0.769. The summed E-state index contributed by atoms with van der Waals surface area (Å²) in [6, 6.07) is 9.81. The van der Waals surface area contributed by atoms with Gasteiger partial charge in [-0.15, -0.1) is 0 Å². The Hall–Kier alpha value is -0.803. The molecule has 1 unspecified atom stereocenters. The first-order valence-electron chi connectivity index (χ1n) is 12.4. The molecular weight excluding hydrogens is 436 g/mol. The Kier molecular flexibility index (Phi) is 10.6. The third kappa shape index (κ3) is 6.26. The van der Waals surface area contributed by atoms with Gasteiger partial charge in [-0.2, -0.15) is 0 Å². The van der Waals surface area contributed by atoms with Gasteiger partial charge in [0.15, 0.2) is 8.32 Å². The second-order valence-corrected chi connectivity index (χ2v) is 16.0. The molecule has 0 radical (unpaired) electrons. The zero-order chi connectivity index (χ0) is 24.9. The molecule has 1 aliphatic heterocycles. The fourth-order valence-corrected chi connectivity index (χ4v) is 11.2. The summed E-state index contributed by atoms with van der Waals surface area (Å²) in [5.74, 6) is -0.404. The second-order valence-electron chi connectivity index (χ2n) is 10.5. The monoisotopic (exact) mass is 482 g/mol. The normalized spacial score (nSPS) is 28.5. The van der Waals surface area contributed by atoms with Crippen molar-refractivity contribution in [3.05, 3.63) is 35.9 Å². The number of ether oxygens (including phenoxy) is 2. The van der Waals surface area contributed by atoms with E-state index < -0.39 is 44.8 Å². The zero-order valence-corrected chi connectivity index (χ0v) is 22.6. The average Bonchev–Trinajstić information content (AvgIpc) is 2.77. The molecule has 33 heavy (non-hydrogen) atoms. The first-order valence-corrected chi connectivity index (χ1v) is 14.6. The Balaban J connectivity index is 2.19. The number of rotatable bonds is 11. The number of aliphatic hydroxyl groups is 3. The van der Waals surface area contributed by atoms with E-state index in [1.165, 1.54) is 0 Å². The van der Waals surface area contributed by atoms with Crippen molar-refractivity contribution in [2.75, 3.05) is 13.2 Å². The molecule has 190 valence electrons. The van der Waals surface area contributed by atoms with Crippen LogP contribution >= 0.6 is 0 Å². The molecule has 0 spiro atoms. The lowest BCUT2D eigenvalue weighted by Crippen LogP contribution is -2.60. The van der Waals surface area contributed by atoms with Crippen molar-refractivity contribution in [2.45, 2.75) is 109 Å². The van der Waals surface area contributed by atoms with Crippen LogP contribution in [0.3, 0.4) is 0 Å². The van der Waals surface area contributed by atoms with E-state index in [1.807, 2.05) is 44.2 Å². The highest BCUT2D eigenvalue weighted by atomic mass is 28.4. The zero-order valence-electron chi connectivity index (χ0n) is 21.6. The SMILES string of the molecule is CC1[C@@H](O)[C@H](O)[C@@H](CO[Si](C(C)C)(C(C)C)C(C)C)O[C@H]1[C@@H](CO)O[C@@H](C)c1ccccc1. The van der Waals surface area contributed by atoms with Crippen molar-refractivity contribution in [1.29, 1.82) is 0 Å². The lowest BCUT2D eigenvalue weighted by molar-refractivity contribution is -0.241. The molecule has 0 amide bonds. The van der Waals surface area contributed by atoms with Crippen molar-refractivity contribution < 1.29 is 29.2 Å². The van der Waals surface area contributed by atoms with E-state index in [9.17, 15) is 15.3 Å². The number of aliphatic hydroxyl groups excluding tert-OH is 3. The Morgan fingerprint density at radius 3 is 1.94 bits per heavy atom. The van der Waals surface area contributed by atoms with Crippen molar-refractivity contribution in [2.24, 2.45) is 5.92 Å². The van der Waals surface area contributed by atoms with E-state index in [0.717, 1.165) is 5.56 Å². The smallest absolute Gasteiger partial charge is 0.200 e. The van der Waals surface area contributed by atoms with Crippen LogP contribution in [0, 0.1) is 5.92 Å². The average molecular weight is 483 g/mol. The van der Waals surface area contributed by atoms with Crippen LogP contribution in [0.15, 0.2) is 30.3 Å². The molecule has 1 fully saturated rings. The van der Waals surface area contributed by atoms with Crippen LogP contribution in [-0.4, -0.2) is 67.4 Å². The largest absolute Gasteiger partial charge is 0.413 e. The molecule has 1 saturated heterocycles. The molecule has 7 atom stereocenters. The van der Waals surface area contributed by atoms with Crippen LogP contribution in [0.25, 0.3) is 0 Å². The van der Waals surface area contributed by atoms with Crippen LogP contribution < -0.4 is 0 Å². The molecule has 1 aromatic rings. The summed E-state index contributed by atoms with van der Waals surface area (Å²) in [5, 5.41) is 31.8. The molecule has 1 aliphatic rings. The van der Waals surface area contributed by atoms with E-state index >= 15 is 0 Å². The van der Waals surface area contributed by atoms with Gasteiger partial charge in [0.2, 0.25) is 0 Å². The van der Waals surface area contributed by atoms with Gasteiger partial charge in [0.1, 0.15) is 18.3 Å². The molecular formula is C26H46O6Si. The minimum absolute atomic E-state index is 0.217. The third-order valence-electron chi connectivity index (χ3n) is 7.52. The molecule has 3 N–H and O–H groups in total. The molecule has 7 heteroatoms. The number of benzene rings is 1. The molecule has 0 aliphatic carbocycles. The maximum absolute atomic E-state index is 10.8. The lowest BCUT2D eigenvalue weighted by atomic mass is 9.85. The van der Waals surface area contributed by atoms with E-state index in [2.05, 4.69) is 41.5 Å². The van der Waals surface area contributed by atoms with Gasteiger partial charge in [0.05, 0.1) is 31.5 Å². The lowest BCUT2D eigenvalue weighted by Gasteiger charge is -2.47. The quantitative estimate of drug-likeness (QED) is 0.404. The van der Waals surface area contributed by atoms with Crippen molar-refractivity contribution in [3.8, 4) is 0 Å². The van der Waals surface area contributed by atoms with Gasteiger partial charge in [0.25, 0.3) is 0 Å². The van der Waals surface area contributed by atoms with Gasteiger partial charge in [-0.1, -0.05) is 78.8 Å². The molecule has 6 nitrogen and oxygen atoms in total. The van der Waals surface area contributed by atoms with Gasteiger partial charge < -0.3 is 29.2 Å².